The van der Waals surface area contributed by atoms with E-state index in [1.165, 1.54) is 24.3 Å². The van der Waals surface area contributed by atoms with E-state index in [0.717, 1.165) is 0 Å². The summed E-state index contributed by atoms with van der Waals surface area (Å²) >= 11 is 0. The number of hydrogen-bond acceptors (Lipinski definition) is 5. The van der Waals surface area contributed by atoms with Crippen LogP contribution in [0.2, 0.25) is 0 Å². The summed E-state index contributed by atoms with van der Waals surface area (Å²) in [5, 5.41) is 12.3. The Morgan fingerprint density at radius 1 is 0.690 bits per heavy atom. The molecule has 4 aromatic rings. The van der Waals surface area contributed by atoms with Gasteiger partial charge >= 0.3 is 5.92 Å². The molecule has 1 amide bonds. The smallest absolute Gasteiger partial charge is 0.320 e. The Morgan fingerprint density at radius 2 is 1.12 bits per heavy atom. The van der Waals surface area contributed by atoms with E-state index in [2.05, 4.69) is 0 Å². The maximum absolute atomic E-state index is 16.0. The highest BCUT2D eigenvalue weighted by molar-refractivity contribution is 7.89. The number of rotatable bonds is 13. The second kappa shape index (κ2) is 13.5. The van der Waals surface area contributed by atoms with Crippen molar-refractivity contribution >= 4 is 21.9 Å². The molecule has 0 N–H and O–H groups in total. The van der Waals surface area contributed by atoms with Gasteiger partial charge < -0.3 is 14.8 Å². The normalized spacial score (nSPS) is 12.5. The first-order chi connectivity index (χ1) is 20.1. The van der Waals surface area contributed by atoms with Crippen molar-refractivity contribution in [3.05, 3.63) is 138 Å². The number of amides is 1. The molecule has 4 rings (SSSR count). The van der Waals surface area contributed by atoms with Gasteiger partial charge in [-0.3, -0.25) is 4.79 Å². The fourth-order valence-electron chi connectivity index (χ4n) is 4.56. The van der Waals surface area contributed by atoms with Crippen molar-refractivity contribution in [1.29, 1.82) is 0 Å². The van der Waals surface area contributed by atoms with E-state index < -0.39 is 47.0 Å². The Morgan fingerprint density at radius 3 is 1.60 bits per heavy atom. The van der Waals surface area contributed by atoms with Crippen molar-refractivity contribution in [3.8, 4) is 0 Å². The molecule has 0 aliphatic carbocycles. The van der Waals surface area contributed by atoms with E-state index in [1.54, 1.807) is 97.1 Å². The molecule has 1 atom stereocenters. The van der Waals surface area contributed by atoms with Gasteiger partial charge in [-0.25, -0.2) is 8.42 Å². The van der Waals surface area contributed by atoms with Gasteiger partial charge in [0.2, 0.25) is 15.8 Å². The first-order valence-corrected chi connectivity index (χ1v) is 14.6. The predicted octanol–water partition coefficient (Wildman–Crippen LogP) is 4.54. The molecule has 42 heavy (non-hydrogen) atoms. The lowest BCUT2D eigenvalue weighted by atomic mass is 9.96. The summed E-state index contributed by atoms with van der Waals surface area (Å²) in [7, 11) is -4.48. The van der Waals surface area contributed by atoms with Crippen LogP contribution in [0.3, 0.4) is 0 Å². The van der Waals surface area contributed by atoms with Gasteiger partial charge in [-0.1, -0.05) is 109 Å². The third-order valence-corrected chi connectivity index (χ3v) is 8.51. The minimum atomic E-state index is -4.48. The number of hydrogen-bond donors (Lipinski definition) is 0. The van der Waals surface area contributed by atoms with Crippen molar-refractivity contribution in [2.24, 2.45) is 0 Å². The van der Waals surface area contributed by atoms with Gasteiger partial charge in [0.25, 0.3) is 0 Å². The van der Waals surface area contributed by atoms with Crippen LogP contribution in [0.4, 0.5) is 13.6 Å². The Bertz CT molecular complexity index is 1570. The molecular weight excluding hydrogens is 562 g/mol. The maximum Gasteiger partial charge on any atom is 0.320 e. The lowest BCUT2D eigenvalue weighted by molar-refractivity contribution is -0.269. The number of alkyl halides is 2. The van der Waals surface area contributed by atoms with Gasteiger partial charge in [-0.2, -0.15) is 13.1 Å². The zero-order valence-electron chi connectivity index (χ0n) is 22.6. The first kappa shape index (κ1) is 30.5. The van der Waals surface area contributed by atoms with E-state index >= 15 is 8.78 Å². The number of ketones is 1. The standard InChI is InChI=1S/C32H30F2N2O5S/c33-32(34,24-35(22-26-15-7-2-8-16-26)42(40,41)28-19-11-4-12-20-28)30(37)29(21-25-13-5-1-6-14-25)36(31(38)39)23-27-17-9-3-10-18-27/h1-20,29H,21-24H2,(H,38,39)/p-1/t29-/m0/s1. The van der Waals surface area contributed by atoms with Crippen LogP contribution in [0.25, 0.3) is 0 Å². The summed E-state index contributed by atoms with van der Waals surface area (Å²) in [5.74, 6) is -5.99. The second-order valence-electron chi connectivity index (χ2n) is 9.73. The summed E-state index contributed by atoms with van der Waals surface area (Å²) in [4.78, 5) is 26.3. The van der Waals surface area contributed by atoms with Gasteiger partial charge in [0, 0.05) is 19.5 Å². The molecule has 0 radical (unpaired) electrons. The number of nitrogens with zero attached hydrogens (tertiary/aromatic N) is 2. The lowest BCUT2D eigenvalue weighted by Crippen LogP contribution is -2.57. The molecule has 0 saturated heterocycles. The fraction of sp³-hybridized carbons (Fsp3) is 0.188. The summed E-state index contributed by atoms with van der Waals surface area (Å²) in [6.07, 6.45) is -2.16. The van der Waals surface area contributed by atoms with Crippen molar-refractivity contribution in [2.45, 2.75) is 36.4 Å². The molecule has 218 valence electrons. The van der Waals surface area contributed by atoms with Gasteiger partial charge in [-0.05, 0) is 28.8 Å². The topological polar surface area (TPSA) is 97.8 Å². The largest absolute Gasteiger partial charge is 0.530 e. The van der Waals surface area contributed by atoms with E-state index in [1.807, 2.05) is 0 Å². The van der Waals surface area contributed by atoms with Crippen LogP contribution in [0, 0.1) is 0 Å². The van der Waals surface area contributed by atoms with Crippen LogP contribution in [0.1, 0.15) is 16.7 Å². The van der Waals surface area contributed by atoms with Crippen LogP contribution in [-0.4, -0.2) is 48.0 Å². The zero-order chi connectivity index (χ0) is 30.2. The summed E-state index contributed by atoms with van der Waals surface area (Å²) in [5.41, 5.74) is 1.35. The van der Waals surface area contributed by atoms with Crippen LogP contribution >= 0.6 is 0 Å². The highest BCUT2D eigenvalue weighted by Crippen LogP contribution is 2.28. The number of carbonyl (C=O) groups excluding carboxylic acids is 2. The predicted molar refractivity (Wildman–Crippen MR) is 152 cm³/mol. The van der Waals surface area contributed by atoms with Gasteiger partial charge in [0.1, 0.15) is 6.09 Å². The number of benzene rings is 4. The highest BCUT2D eigenvalue weighted by atomic mass is 32.2. The van der Waals surface area contributed by atoms with E-state index in [0.29, 0.717) is 25.9 Å². The van der Waals surface area contributed by atoms with Gasteiger partial charge in [0.05, 0.1) is 17.5 Å². The third kappa shape index (κ3) is 7.65. The SMILES string of the molecule is O=C([O-])N(Cc1ccccc1)[C@@H](Cc1ccccc1)C(=O)C(F)(F)CN(Cc1ccccc1)S(=O)(=O)c1ccccc1. The highest BCUT2D eigenvalue weighted by Gasteiger charge is 2.48. The number of carbonyl (C=O) groups is 2. The summed E-state index contributed by atoms with van der Waals surface area (Å²) < 4.78 is 59.7. The van der Waals surface area contributed by atoms with E-state index in [4.69, 9.17) is 0 Å². The van der Waals surface area contributed by atoms with Crippen LogP contribution < -0.4 is 5.11 Å². The average molecular weight is 592 g/mol. The molecule has 0 aliphatic rings. The monoisotopic (exact) mass is 591 g/mol. The zero-order valence-corrected chi connectivity index (χ0v) is 23.4. The molecule has 0 aromatic heterocycles. The van der Waals surface area contributed by atoms with Crippen LogP contribution in [-0.2, 0) is 34.3 Å². The minimum absolute atomic E-state index is 0.217. The quantitative estimate of drug-likeness (QED) is 0.228. The average Bonchev–Trinajstić information content (AvgIpc) is 3.00. The number of carboxylic acid groups (broad SMARTS) is 1. The van der Waals surface area contributed by atoms with Crippen molar-refractivity contribution in [1.82, 2.24) is 9.21 Å². The molecule has 0 aliphatic heterocycles. The molecule has 0 heterocycles. The molecule has 4 aromatic carbocycles. The molecule has 7 nitrogen and oxygen atoms in total. The lowest BCUT2D eigenvalue weighted by Gasteiger charge is -2.36. The van der Waals surface area contributed by atoms with Crippen molar-refractivity contribution in [3.63, 3.8) is 0 Å². The Hall–Kier alpha value is -4.41. The molecular formula is C32H29F2N2O5S-. The summed E-state index contributed by atoms with van der Waals surface area (Å²) in [6.45, 7) is -2.30. The van der Waals surface area contributed by atoms with Crippen molar-refractivity contribution < 1.29 is 31.9 Å². The minimum Gasteiger partial charge on any atom is -0.530 e. The van der Waals surface area contributed by atoms with E-state index in [9.17, 15) is 23.1 Å². The third-order valence-electron chi connectivity index (χ3n) is 6.70. The molecule has 0 unspecified atom stereocenters. The fourth-order valence-corrected chi connectivity index (χ4v) is 6.01. The number of halogens is 2. The maximum atomic E-state index is 16.0. The van der Waals surface area contributed by atoms with Gasteiger partial charge in [-0.15, -0.1) is 0 Å². The Balaban J connectivity index is 1.71. The first-order valence-electron chi connectivity index (χ1n) is 13.1. The van der Waals surface area contributed by atoms with Crippen LogP contribution in [0.15, 0.2) is 126 Å². The van der Waals surface area contributed by atoms with Gasteiger partial charge in [0.15, 0.2) is 0 Å². The Labute approximate surface area is 243 Å². The molecule has 0 spiro atoms. The second-order valence-corrected chi connectivity index (χ2v) is 11.7. The number of sulfonamides is 1. The van der Waals surface area contributed by atoms with Crippen LogP contribution in [0.5, 0.6) is 0 Å². The molecule has 0 fully saturated rings. The van der Waals surface area contributed by atoms with Crippen molar-refractivity contribution in [2.75, 3.05) is 6.54 Å². The Kier molecular flexibility index (Phi) is 9.82. The molecule has 10 heteroatoms. The van der Waals surface area contributed by atoms with E-state index in [-0.39, 0.29) is 17.9 Å². The summed E-state index contributed by atoms with van der Waals surface area (Å²) in [6, 6.07) is 29.8. The number of Topliss-reactive ketones (excluding diaryl/α,β-unsaturated/α-hetero) is 1. The molecule has 0 saturated carbocycles. The molecule has 0 bridgehead atoms.